The van der Waals surface area contributed by atoms with Crippen LogP contribution in [0.1, 0.15) is 31.9 Å². The summed E-state index contributed by atoms with van der Waals surface area (Å²) in [6.07, 6.45) is -1.38. The normalized spacial score (nSPS) is 12.4. The Morgan fingerprint density at radius 1 is 1.15 bits per heavy atom. The van der Waals surface area contributed by atoms with Crippen molar-refractivity contribution >= 4 is 34.4 Å². The van der Waals surface area contributed by atoms with Crippen molar-refractivity contribution in [2.24, 2.45) is 12.1 Å². The van der Waals surface area contributed by atoms with Gasteiger partial charge in [0.25, 0.3) is 0 Å². The molecule has 0 unspecified atom stereocenters. The summed E-state index contributed by atoms with van der Waals surface area (Å²) in [7, 11) is 1.79. The van der Waals surface area contributed by atoms with Crippen molar-refractivity contribution in [3.63, 3.8) is 0 Å². The summed E-state index contributed by atoms with van der Waals surface area (Å²) in [5, 5.41) is 25.7. The SMILES string of the molecule is Cn1nnc2ccc(C(=NN(C(=O)[O-])C(C)(C)C)c3ccc(Cl)cc3)cc21. The fraction of sp³-hybridized carbons (Fsp3) is 0.263. The number of aromatic nitrogens is 3. The van der Waals surface area contributed by atoms with Crippen LogP contribution in [0.2, 0.25) is 5.02 Å². The number of benzene rings is 2. The van der Waals surface area contributed by atoms with Crippen molar-refractivity contribution in [3.8, 4) is 0 Å². The van der Waals surface area contributed by atoms with Gasteiger partial charge in [-0.15, -0.1) is 5.10 Å². The van der Waals surface area contributed by atoms with Gasteiger partial charge in [0.05, 0.1) is 16.8 Å². The van der Waals surface area contributed by atoms with Gasteiger partial charge in [0, 0.05) is 23.2 Å². The van der Waals surface area contributed by atoms with Crippen molar-refractivity contribution in [3.05, 3.63) is 58.6 Å². The predicted molar refractivity (Wildman–Crippen MR) is 103 cm³/mol. The predicted octanol–water partition coefficient (Wildman–Crippen LogP) is 2.82. The second-order valence-corrected chi connectivity index (χ2v) is 7.56. The third kappa shape index (κ3) is 3.93. The van der Waals surface area contributed by atoms with Gasteiger partial charge in [-0.2, -0.15) is 5.10 Å². The molecule has 1 aromatic heterocycles. The number of rotatable bonds is 3. The average Bonchev–Trinajstić information content (AvgIpc) is 2.96. The molecule has 27 heavy (non-hydrogen) atoms. The van der Waals surface area contributed by atoms with E-state index < -0.39 is 11.6 Å². The van der Waals surface area contributed by atoms with Gasteiger partial charge < -0.3 is 9.90 Å². The molecule has 0 aliphatic carbocycles. The van der Waals surface area contributed by atoms with Gasteiger partial charge >= 0.3 is 0 Å². The molecule has 140 valence electrons. The Hall–Kier alpha value is -2.93. The lowest BCUT2D eigenvalue weighted by atomic mass is 10.0. The van der Waals surface area contributed by atoms with E-state index in [0.717, 1.165) is 27.2 Å². The van der Waals surface area contributed by atoms with Crippen LogP contribution in [-0.4, -0.2) is 37.3 Å². The van der Waals surface area contributed by atoms with Gasteiger partial charge in [0.15, 0.2) is 6.09 Å². The standard InChI is InChI=1S/C19H20ClN5O2/c1-19(2,3)25(18(26)27)22-17(12-5-8-14(20)9-6-12)13-7-10-15-16(11-13)24(4)23-21-15/h5-11H,1-4H3,(H,26,27)/p-1. The molecule has 1 heterocycles. The van der Waals surface area contributed by atoms with Gasteiger partial charge in [-0.1, -0.05) is 35.0 Å². The molecule has 3 rings (SSSR count). The number of amides is 1. The Balaban J connectivity index is 2.22. The van der Waals surface area contributed by atoms with Gasteiger partial charge in [0.2, 0.25) is 0 Å². The Kier molecular flexibility index (Phi) is 4.89. The van der Waals surface area contributed by atoms with E-state index in [1.165, 1.54) is 0 Å². The molecule has 7 nitrogen and oxygen atoms in total. The Bertz CT molecular complexity index is 1020. The van der Waals surface area contributed by atoms with E-state index in [0.29, 0.717) is 10.7 Å². The number of hydrazone groups is 1. The molecular weight excluding hydrogens is 366 g/mol. The van der Waals surface area contributed by atoms with Crippen molar-refractivity contribution in [2.45, 2.75) is 26.3 Å². The molecule has 0 bridgehead atoms. The summed E-state index contributed by atoms with van der Waals surface area (Å²) in [4.78, 5) is 11.7. The molecule has 3 aromatic rings. The summed E-state index contributed by atoms with van der Waals surface area (Å²) < 4.78 is 1.65. The lowest BCUT2D eigenvalue weighted by Gasteiger charge is -2.33. The first-order valence-corrected chi connectivity index (χ1v) is 8.70. The lowest BCUT2D eigenvalue weighted by Crippen LogP contribution is -2.48. The van der Waals surface area contributed by atoms with Crippen LogP contribution in [0, 0.1) is 0 Å². The summed E-state index contributed by atoms with van der Waals surface area (Å²) in [6, 6.07) is 12.6. The Morgan fingerprint density at radius 2 is 1.78 bits per heavy atom. The first kappa shape index (κ1) is 18.8. The highest BCUT2D eigenvalue weighted by Crippen LogP contribution is 2.21. The molecule has 0 aliphatic heterocycles. The van der Waals surface area contributed by atoms with E-state index in [4.69, 9.17) is 11.6 Å². The van der Waals surface area contributed by atoms with E-state index in [2.05, 4.69) is 15.4 Å². The zero-order chi connectivity index (χ0) is 19.8. The maximum atomic E-state index is 11.7. The highest BCUT2D eigenvalue weighted by atomic mass is 35.5. The van der Waals surface area contributed by atoms with Crippen LogP contribution in [0.15, 0.2) is 47.6 Å². The van der Waals surface area contributed by atoms with E-state index >= 15 is 0 Å². The number of halogens is 1. The largest absolute Gasteiger partial charge is 0.529 e. The average molecular weight is 385 g/mol. The summed E-state index contributed by atoms with van der Waals surface area (Å²) in [5.41, 5.74) is 2.72. The van der Waals surface area contributed by atoms with E-state index in [1.807, 2.05) is 18.2 Å². The molecule has 0 radical (unpaired) electrons. The van der Waals surface area contributed by atoms with Gasteiger partial charge in [-0.3, -0.25) is 0 Å². The molecule has 1 amide bonds. The van der Waals surface area contributed by atoms with Crippen LogP contribution in [0.3, 0.4) is 0 Å². The molecule has 0 saturated heterocycles. The molecule has 0 aliphatic rings. The fourth-order valence-electron chi connectivity index (χ4n) is 2.63. The maximum Gasteiger partial charge on any atom is 0.158 e. The molecule has 0 fully saturated rings. The third-order valence-electron chi connectivity index (χ3n) is 4.01. The number of carbonyl (C=O) groups excluding carboxylic acids is 1. The first-order chi connectivity index (χ1) is 12.7. The topological polar surface area (TPSA) is 86.4 Å². The minimum absolute atomic E-state index is 0.480. The van der Waals surface area contributed by atoms with Crippen LogP contribution in [0.5, 0.6) is 0 Å². The van der Waals surface area contributed by atoms with Crippen molar-refractivity contribution in [1.29, 1.82) is 0 Å². The summed E-state index contributed by atoms with van der Waals surface area (Å²) in [5.74, 6) is 0. The van der Waals surface area contributed by atoms with E-state index in [-0.39, 0.29) is 0 Å². The Morgan fingerprint density at radius 3 is 2.37 bits per heavy atom. The molecule has 0 saturated carbocycles. The molecular formula is C19H19ClN5O2-. The third-order valence-corrected chi connectivity index (χ3v) is 4.26. The van der Waals surface area contributed by atoms with Gasteiger partial charge in [-0.25, -0.2) is 9.69 Å². The van der Waals surface area contributed by atoms with Crippen LogP contribution < -0.4 is 5.11 Å². The second-order valence-electron chi connectivity index (χ2n) is 7.12. The minimum Gasteiger partial charge on any atom is -0.529 e. The number of fused-ring (bicyclic) bond motifs is 1. The highest BCUT2D eigenvalue weighted by molar-refractivity contribution is 6.30. The second kappa shape index (κ2) is 7.00. The van der Waals surface area contributed by atoms with Gasteiger partial charge in [0.1, 0.15) is 5.52 Å². The number of hydrogen-bond donors (Lipinski definition) is 0. The maximum absolute atomic E-state index is 11.7. The van der Waals surface area contributed by atoms with Crippen molar-refractivity contribution in [2.75, 3.05) is 0 Å². The van der Waals surface area contributed by atoms with Crippen LogP contribution in [0.25, 0.3) is 11.0 Å². The van der Waals surface area contributed by atoms with Crippen molar-refractivity contribution in [1.82, 2.24) is 20.0 Å². The van der Waals surface area contributed by atoms with E-state index in [9.17, 15) is 9.90 Å². The molecule has 0 atom stereocenters. The number of carbonyl (C=O) groups is 1. The van der Waals surface area contributed by atoms with Crippen LogP contribution >= 0.6 is 11.6 Å². The molecule has 0 spiro atoms. The molecule has 0 N–H and O–H groups in total. The van der Waals surface area contributed by atoms with Crippen molar-refractivity contribution < 1.29 is 9.90 Å². The quantitative estimate of drug-likeness (QED) is 0.513. The highest BCUT2D eigenvalue weighted by Gasteiger charge is 2.23. The van der Waals surface area contributed by atoms with Gasteiger partial charge in [-0.05, 0) is 45.0 Å². The monoisotopic (exact) mass is 384 g/mol. The number of carboxylic acid groups (broad SMARTS) is 1. The smallest absolute Gasteiger partial charge is 0.158 e. The van der Waals surface area contributed by atoms with E-state index in [1.54, 1.807) is 56.8 Å². The molecule has 8 heteroatoms. The number of aryl methyl sites for hydroxylation is 1. The molecule has 2 aromatic carbocycles. The fourth-order valence-corrected chi connectivity index (χ4v) is 2.76. The minimum atomic E-state index is -1.38. The van der Waals surface area contributed by atoms with Crippen LogP contribution in [-0.2, 0) is 7.05 Å². The lowest BCUT2D eigenvalue weighted by molar-refractivity contribution is -0.270. The first-order valence-electron chi connectivity index (χ1n) is 8.32. The summed E-state index contributed by atoms with van der Waals surface area (Å²) >= 11 is 6.00. The number of hydrogen-bond acceptors (Lipinski definition) is 5. The zero-order valence-corrected chi connectivity index (χ0v) is 16.2. The number of nitrogens with zero attached hydrogens (tertiary/aromatic N) is 5. The summed E-state index contributed by atoms with van der Waals surface area (Å²) in [6.45, 7) is 5.25. The zero-order valence-electron chi connectivity index (χ0n) is 15.5. The van der Waals surface area contributed by atoms with Crippen LogP contribution in [0.4, 0.5) is 4.79 Å². The Labute approximate surface area is 161 Å².